The van der Waals surface area contributed by atoms with Gasteiger partial charge in [-0.2, -0.15) is 0 Å². The van der Waals surface area contributed by atoms with Crippen LogP contribution in [0.2, 0.25) is 0 Å². The third-order valence-electron chi connectivity index (χ3n) is 4.55. The summed E-state index contributed by atoms with van der Waals surface area (Å²) in [7, 11) is 1.92. The summed E-state index contributed by atoms with van der Waals surface area (Å²) >= 11 is 3.46. The smallest absolute Gasteiger partial charge is 0.254 e. The predicted octanol–water partition coefficient (Wildman–Crippen LogP) is 3.05. The van der Waals surface area contributed by atoms with Crippen molar-refractivity contribution in [1.82, 2.24) is 10.2 Å². The second-order valence-corrected chi connectivity index (χ2v) is 7.00. The second kappa shape index (κ2) is 5.86. The average Bonchev–Trinajstić information content (AvgIpc) is 2.77. The van der Waals surface area contributed by atoms with E-state index in [1.54, 1.807) is 0 Å². The Balaban J connectivity index is 1.63. The molecular formula is C16H21BrN2O. The molecule has 2 unspecified atom stereocenters. The van der Waals surface area contributed by atoms with Crippen LogP contribution in [-0.4, -0.2) is 36.5 Å². The van der Waals surface area contributed by atoms with Crippen molar-refractivity contribution in [3.05, 3.63) is 34.3 Å². The number of fused-ring (bicyclic) bond motifs is 2. The Morgan fingerprint density at radius 2 is 1.95 bits per heavy atom. The summed E-state index contributed by atoms with van der Waals surface area (Å²) in [5, 5.41) is 3.65. The van der Waals surface area contributed by atoms with Crippen molar-refractivity contribution in [2.45, 2.75) is 37.8 Å². The highest BCUT2D eigenvalue weighted by atomic mass is 79.9. The van der Waals surface area contributed by atoms with Gasteiger partial charge in [0.2, 0.25) is 0 Å². The van der Waals surface area contributed by atoms with Gasteiger partial charge >= 0.3 is 0 Å². The van der Waals surface area contributed by atoms with E-state index >= 15 is 0 Å². The van der Waals surface area contributed by atoms with E-state index in [1.165, 1.54) is 25.7 Å². The zero-order chi connectivity index (χ0) is 14.1. The third-order valence-corrected chi connectivity index (χ3v) is 5.25. The van der Waals surface area contributed by atoms with Crippen LogP contribution in [0.15, 0.2) is 28.7 Å². The summed E-state index contributed by atoms with van der Waals surface area (Å²) in [6.45, 7) is 0.870. The van der Waals surface area contributed by atoms with Crippen LogP contribution in [0.3, 0.4) is 0 Å². The van der Waals surface area contributed by atoms with Crippen molar-refractivity contribution < 1.29 is 4.79 Å². The topological polar surface area (TPSA) is 32.3 Å². The first-order valence-corrected chi connectivity index (χ1v) is 8.19. The molecule has 0 aliphatic carbocycles. The summed E-state index contributed by atoms with van der Waals surface area (Å²) in [5.41, 5.74) is 0.756. The highest BCUT2D eigenvalue weighted by Crippen LogP contribution is 2.31. The number of rotatable bonds is 3. The van der Waals surface area contributed by atoms with Crippen molar-refractivity contribution in [2.75, 3.05) is 13.6 Å². The van der Waals surface area contributed by atoms with E-state index in [-0.39, 0.29) is 5.91 Å². The molecule has 0 spiro atoms. The van der Waals surface area contributed by atoms with E-state index in [0.717, 1.165) is 16.6 Å². The summed E-state index contributed by atoms with van der Waals surface area (Å²) in [6, 6.07) is 9.03. The molecule has 2 heterocycles. The highest BCUT2D eigenvalue weighted by Gasteiger charge is 2.34. The van der Waals surface area contributed by atoms with E-state index in [2.05, 4.69) is 21.2 Å². The van der Waals surface area contributed by atoms with Crippen molar-refractivity contribution in [1.29, 1.82) is 0 Å². The standard InChI is InChI=1S/C16H21BrN2O/c1-19(16(20)14-4-2-3-5-15(14)17)10-11-8-12-6-7-13(9-11)18-12/h2-5,11-13,18H,6-10H2,1H3. The number of carbonyl (C=O) groups excluding carboxylic acids is 1. The maximum absolute atomic E-state index is 12.5. The quantitative estimate of drug-likeness (QED) is 0.919. The molecule has 2 fully saturated rings. The van der Waals surface area contributed by atoms with Gasteiger partial charge in [-0.25, -0.2) is 0 Å². The zero-order valence-corrected chi connectivity index (χ0v) is 13.4. The fraction of sp³-hybridized carbons (Fsp3) is 0.562. The lowest BCUT2D eigenvalue weighted by molar-refractivity contribution is 0.0754. The fourth-order valence-electron chi connectivity index (χ4n) is 3.63. The minimum Gasteiger partial charge on any atom is -0.341 e. The molecule has 2 aliphatic heterocycles. The molecule has 0 aromatic heterocycles. The molecule has 1 amide bonds. The van der Waals surface area contributed by atoms with Crippen molar-refractivity contribution in [3.63, 3.8) is 0 Å². The molecule has 2 saturated heterocycles. The zero-order valence-electron chi connectivity index (χ0n) is 11.8. The molecule has 3 nitrogen and oxygen atoms in total. The first-order valence-electron chi connectivity index (χ1n) is 7.39. The number of carbonyl (C=O) groups is 1. The number of hydrogen-bond acceptors (Lipinski definition) is 2. The van der Waals surface area contributed by atoms with Gasteiger partial charge in [0.15, 0.2) is 0 Å². The number of piperidine rings is 1. The van der Waals surface area contributed by atoms with Crippen LogP contribution in [-0.2, 0) is 0 Å². The SMILES string of the molecule is CN(CC1CC2CCC(C1)N2)C(=O)c1ccccc1Br. The molecule has 1 aromatic carbocycles. The highest BCUT2D eigenvalue weighted by molar-refractivity contribution is 9.10. The summed E-state index contributed by atoms with van der Waals surface area (Å²) < 4.78 is 0.877. The Kier molecular flexibility index (Phi) is 4.13. The van der Waals surface area contributed by atoms with Crippen LogP contribution in [0.4, 0.5) is 0 Å². The normalized spacial score (nSPS) is 28.4. The molecule has 4 heteroatoms. The Morgan fingerprint density at radius 3 is 2.60 bits per heavy atom. The van der Waals surface area contributed by atoms with E-state index < -0.39 is 0 Å². The molecule has 1 N–H and O–H groups in total. The Morgan fingerprint density at radius 1 is 1.30 bits per heavy atom. The van der Waals surface area contributed by atoms with E-state index in [4.69, 9.17) is 0 Å². The molecule has 0 radical (unpaired) electrons. The predicted molar refractivity (Wildman–Crippen MR) is 83.8 cm³/mol. The molecule has 1 aromatic rings. The number of hydrogen-bond donors (Lipinski definition) is 1. The first-order chi connectivity index (χ1) is 9.63. The van der Waals surface area contributed by atoms with Gasteiger partial charge in [0.25, 0.3) is 5.91 Å². The van der Waals surface area contributed by atoms with Gasteiger partial charge in [0.1, 0.15) is 0 Å². The molecule has 108 valence electrons. The number of nitrogens with one attached hydrogen (secondary N) is 1. The molecule has 20 heavy (non-hydrogen) atoms. The van der Waals surface area contributed by atoms with Crippen molar-refractivity contribution in [2.24, 2.45) is 5.92 Å². The third kappa shape index (κ3) is 2.91. The van der Waals surface area contributed by atoms with E-state index in [0.29, 0.717) is 18.0 Å². The first kappa shape index (κ1) is 14.1. The lowest BCUT2D eigenvalue weighted by atomic mass is 9.92. The lowest BCUT2D eigenvalue weighted by Crippen LogP contribution is -2.42. The van der Waals surface area contributed by atoms with Gasteiger partial charge in [-0.1, -0.05) is 12.1 Å². The van der Waals surface area contributed by atoms with E-state index in [9.17, 15) is 4.79 Å². The van der Waals surface area contributed by atoms with Gasteiger partial charge in [0, 0.05) is 30.1 Å². The Bertz CT molecular complexity index is 493. The van der Waals surface area contributed by atoms with Crippen LogP contribution in [0.1, 0.15) is 36.0 Å². The maximum atomic E-state index is 12.5. The number of benzene rings is 1. The van der Waals surface area contributed by atoms with Crippen molar-refractivity contribution >= 4 is 21.8 Å². The maximum Gasteiger partial charge on any atom is 0.254 e. The van der Waals surface area contributed by atoms with Gasteiger partial charge in [-0.3, -0.25) is 4.79 Å². The largest absolute Gasteiger partial charge is 0.341 e. The Labute approximate surface area is 128 Å². The molecule has 3 rings (SSSR count). The lowest BCUT2D eigenvalue weighted by Gasteiger charge is -2.32. The minimum atomic E-state index is 0.114. The fourth-order valence-corrected chi connectivity index (χ4v) is 4.09. The van der Waals surface area contributed by atoms with Gasteiger partial charge in [-0.05, 0) is 59.7 Å². The summed E-state index contributed by atoms with van der Waals surface area (Å²) in [5.74, 6) is 0.758. The van der Waals surface area contributed by atoms with Crippen molar-refractivity contribution in [3.8, 4) is 0 Å². The van der Waals surface area contributed by atoms with Crippen LogP contribution in [0.5, 0.6) is 0 Å². The van der Waals surface area contributed by atoms with Gasteiger partial charge < -0.3 is 10.2 Å². The van der Waals surface area contributed by atoms with Gasteiger partial charge in [-0.15, -0.1) is 0 Å². The molecule has 2 atom stereocenters. The van der Waals surface area contributed by atoms with Crippen LogP contribution >= 0.6 is 15.9 Å². The number of amides is 1. The van der Waals surface area contributed by atoms with Crippen LogP contribution < -0.4 is 5.32 Å². The second-order valence-electron chi connectivity index (χ2n) is 6.14. The van der Waals surface area contributed by atoms with E-state index in [1.807, 2.05) is 36.2 Å². The molecule has 2 bridgehead atoms. The summed E-state index contributed by atoms with van der Waals surface area (Å²) in [6.07, 6.45) is 5.04. The average molecular weight is 337 g/mol. The van der Waals surface area contributed by atoms with Crippen LogP contribution in [0.25, 0.3) is 0 Å². The molecule has 2 aliphatic rings. The Hall–Kier alpha value is -0.870. The van der Waals surface area contributed by atoms with Gasteiger partial charge in [0.05, 0.1) is 5.56 Å². The monoisotopic (exact) mass is 336 g/mol. The summed E-state index contributed by atoms with van der Waals surface area (Å²) in [4.78, 5) is 14.4. The molecule has 0 saturated carbocycles. The number of halogens is 1. The number of nitrogens with zero attached hydrogens (tertiary/aromatic N) is 1. The van der Waals surface area contributed by atoms with Crippen LogP contribution in [0, 0.1) is 5.92 Å². The minimum absolute atomic E-state index is 0.114. The molecular weight excluding hydrogens is 316 g/mol.